The fraction of sp³-hybridized carbons (Fsp3) is 0.118. The van der Waals surface area contributed by atoms with E-state index in [9.17, 15) is 8.78 Å². The topological polar surface area (TPSA) is 29.9 Å². The van der Waals surface area contributed by atoms with E-state index >= 15 is 0 Å². The third-order valence-electron chi connectivity index (χ3n) is 3.62. The van der Waals surface area contributed by atoms with Gasteiger partial charge >= 0.3 is 0 Å². The fourth-order valence-corrected chi connectivity index (χ4v) is 3.03. The Labute approximate surface area is 147 Å². The number of benzene rings is 2. The number of aromatic nitrogens is 2. The first kappa shape index (κ1) is 16.7. The van der Waals surface area contributed by atoms with E-state index in [1.165, 1.54) is 30.3 Å². The zero-order valence-corrected chi connectivity index (χ0v) is 14.4. The van der Waals surface area contributed by atoms with Crippen LogP contribution in [-0.2, 0) is 7.05 Å². The van der Waals surface area contributed by atoms with E-state index in [1.807, 2.05) is 0 Å². The summed E-state index contributed by atoms with van der Waals surface area (Å²) in [5, 5.41) is 7.90. The molecule has 0 aliphatic heterocycles. The molecule has 24 heavy (non-hydrogen) atoms. The summed E-state index contributed by atoms with van der Waals surface area (Å²) in [4.78, 5) is 0. The summed E-state index contributed by atoms with van der Waals surface area (Å²) in [6.45, 7) is 1.76. The molecular formula is C17H13Cl2F2N3. The van der Waals surface area contributed by atoms with Gasteiger partial charge in [0.2, 0.25) is 0 Å². The second-order valence-corrected chi connectivity index (χ2v) is 6.09. The van der Waals surface area contributed by atoms with Crippen LogP contribution in [0.1, 0.15) is 5.69 Å². The van der Waals surface area contributed by atoms with E-state index in [0.29, 0.717) is 22.8 Å². The van der Waals surface area contributed by atoms with Crippen molar-refractivity contribution in [2.75, 3.05) is 5.32 Å². The van der Waals surface area contributed by atoms with Crippen molar-refractivity contribution in [2.45, 2.75) is 6.92 Å². The van der Waals surface area contributed by atoms with Crippen LogP contribution in [0.15, 0.2) is 36.4 Å². The molecule has 124 valence electrons. The molecule has 0 radical (unpaired) electrons. The highest BCUT2D eigenvalue weighted by molar-refractivity contribution is 6.34. The lowest BCUT2D eigenvalue weighted by atomic mass is 10.0. The van der Waals surface area contributed by atoms with Crippen molar-refractivity contribution < 1.29 is 8.78 Å². The number of anilines is 2. The molecular weight excluding hydrogens is 355 g/mol. The Bertz CT molecular complexity index is 902. The second kappa shape index (κ2) is 6.42. The summed E-state index contributed by atoms with van der Waals surface area (Å²) in [6.07, 6.45) is 0. The molecule has 1 N–H and O–H groups in total. The van der Waals surface area contributed by atoms with Crippen LogP contribution in [0.3, 0.4) is 0 Å². The van der Waals surface area contributed by atoms with Crippen LogP contribution >= 0.6 is 23.2 Å². The Morgan fingerprint density at radius 2 is 1.79 bits per heavy atom. The van der Waals surface area contributed by atoms with Crippen molar-refractivity contribution in [1.82, 2.24) is 9.78 Å². The molecule has 0 atom stereocenters. The minimum Gasteiger partial charge on any atom is -0.339 e. The number of nitrogens with one attached hydrogen (secondary N) is 1. The van der Waals surface area contributed by atoms with Crippen molar-refractivity contribution in [3.8, 4) is 11.1 Å². The average Bonchev–Trinajstić information content (AvgIpc) is 2.77. The molecule has 0 unspecified atom stereocenters. The van der Waals surface area contributed by atoms with Crippen LogP contribution in [0.4, 0.5) is 20.3 Å². The molecule has 0 aliphatic rings. The largest absolute Gasteiger partial charge is 0.339 e. The van der Waals surface area contributed by atoms with Gasteiger partial charge in [-0.3, -0.25) is 4.68 Å². The molecule has 2 aromatic carbocycles. The normalized spacial score (nSPS) is 10.9. The van der Waals surface area contributed by atoms with Crippen molar-refractivity contribution in [3.63, 3.8) is 0 Å². The van der Waals surface area contributed by atoms with Gasteiger partial charge in [-0.05, 0) is 37.3 Å². The molecule has 3 rings (SSSR count). The third kappa shape index (κ3) is 2.97. The zero-order valence-electron chi connectivity index (χ0n) is 12.9. The van der Waals surface area contributed by atoms with Crippen LogP contribution in [0.2, 0.25) is 10.0 Å². The maximum atomic E-state index is 14.4. The van der Waals surface area contributed by atoms with Crippen LogP contribution in [0, 0.1) is 18.6 Å². The Balaban J connectivity index is 2.16. The number of rotatable bonds is 3. The Kier molecular flexibility index (Phi) is 4.47. The predicted molar refractivity (Wildman–Crippen MR) is 93.0 cm³/mol. The summed E-state index contributed by atoms with van der Waals surface area (Å²) in [5.74, 6) is -0.385. The van der Waals surface area contributed by atoms with E-state index in [4.69, 9.17) is 23.2 Å². The SMILES string of the molecule is Cc1nn(C)c(Nc2ccc(F)cc2Cl)c1-c1c(F)cccc1Cl. The van der Waals surface area contributed by atoms with E-state index in [-0.39, 0.29) is 15.6 Å². The molecule has 0 saturated carbocycles. The zero-order chi connectivity index (χ0) is 17.4. The van der Waals surface area contributed by atoms with Crippen LogP contribution < -0.4 is 5.32 Å². The molecule has 0 spiro atoms. The number of nitrogens with zero attached hydrogens (tertiary/aromatic N) is 2. The average molecular weight is 368 g/mol. The third-order valence-corrected chi connectivity index (χ3v) is 4.25. The minimum absolute atomic E-state index is 0.208. The van der Waals surface area contributed by atoms with Crippen LogP contribution in [-0.4, -0.2) is 9.78 Å². The summed E-state index contributed by atoms with van der Waals surface area (Å²) in [6, 6.07) is 8.48. The quantitative estimate of drug-likeness (QED) is 0.640. The lowest BCUT2D eigenvalue weighted by molar-refractivity contribution is 0.628. The Morgan fingerprint density at radius 3 is 2.46 bits per heavy atom. The van der Waals surface area contributed by atoms with Crippen molar-refractivity contribution in [2.24, 2.45) is 7.05 Å². The van der Waals surface area contributed by atoms with Crippen molar-refractivity contribution in [3.05, 3.63) is 63.8 Å². The molecule has 3 nitrogen and oxygen atoms in total. The molecule has 0 saturated heterocycles. The molecule has 0 bridgehead atoms. The van der Waals surface area contributed by atoms with Gasteiger partial charge < -0.3 is 5.32 Å². The first-order valence-corrected chi connectivity index (χ1v) is 7.84. The summed E-state index contributed by atoms with van der Waals surface area (Å²) in [5.41, 5.74) is 1.87. The van der Waals surface area contributed by atoms with Gasteiger partial charge in [0.05, 0.1) is 27.0 Å². The lowest BCUT2D eigenvalue weighted by Gasteiger charge is -2.13. The van der Waals surface area contributed by atoms with Crippen molar-refractivity contribution >= 4 is 34.7 Å². The highest BCUT2D eigenvalue weighted by atomic mass is 35.5. The van der Waals surface area contributed by atoms with E-state index in [2.05, 4.69) is 10.4 Å². The standard InChI is InChI=1S/C17H13Cl2F2N3/c1-9-15(16-11(18)4-3-5-13(16)21)17(24(2)23-9)22-14-7-6-10(20)8-12(14)19/h3-8,22H,1-2H3. The Hall–Kier alpha value is -2.11. The van der Waals surface area contributed by atoms with Crippen LogP contribution in [0.25, 0.3) is 11.1 Å². The second-order valence-electron chi connectivity index (χ2n) is 5.28. The first-order valence-electron chi connectivity index (χ1n) is 7.08. The van der Waals surface area contributed by atoms with E-state index in [0.717, 1.165) is 0 Å². The van der Waals surface area contributed by atoms with Gasteiger partial charge in [-0.15, -0.1) is 0 Å². The monoisotopic (exact) mass is 367 g/mol. The molecule has 3 aromatic rings. The first-order chi connectivity index (χ1) is 11.4. The molecule has 0 fully saturated rings. The highest BCUT2D eigenvalue weighted by Gasteiger charge is 2.21. The van der Waals surface area contributed by atoms with Gasteiger partial charge in [0.25, 0.3) is 0 Å². The van der Waals surface area contributed by atoms with Gasteiger partial charge in [-0.2, -0.15) is 5.10 Å². The number of halogens is 4. The summed E-state index contributed by atoms with van der Waals surface area (Å²) >= 11 is 12.3. The molecule has 7 heteroatoms. The smallest absolute Gasteiger partial charge is 0.136 e. The number of hydrogen-bond acceptors (Lipinski definition) is 2. The molecule has 1 heterocycles. The maximum absolute atomic E-state index is 14.4. The minimum atomic E-state index is -0.452. The lowest BCUT2D eigenvalue weighted by Crippen LogP contribution is -2.01. The fourth-order valence-electron chi connectivity index (χ4n) is 2.56. The molecule has 0 amide bonds. The Morgan fingerprint density at radius 1 is 1.04 bits per heavy atom. The van der Waals surface area contributed by atoms with E-state index in [1.54, 1.807) is 24.7 Å². The van der Waals surface area contributed by atoms with Gasteiger partial charge in [-0.25, -0.2) is 8.78 Å². The maximum Gasteiger partial charge on any atom is 0.136 e. The predicted octanol–water partition coefficient (Wildman–Crippen LogP) is 5.72. The summed E-state index contributed by atoms with van der Waals surface area (Å²) < 4.78 is 29.1. The number of hydrogen-bond donors (Lipinski definition) is 1. The summed E-state index contributed by atoms with van der Waals surface area (Å²) in [7, 11) is 1.71. The highest BCUT2D eigenvalue weighted by Crippen LogP contribution is 2.39. The van der Waals surface area contributed by atoms with Gasteiger partial charge in [-0.1, -0.05) is 29.3 Å². The van der Waals surface area contributed by atoms with Crippen LogP contribution in [0.5, 0.6) is 0 Å². The van der Waals surface area contributed by atoms with Gasteiger partial charge in [0.1, 0.15) is 17.5 Å². The van der Waals surface area contributed by atoms with Gasteiger partial charge in [0.15, 0.2) is 0 Å². The number of aryl methyl sites for hydroxylation is 2. The van der Waals surface area contributed by atoms with E-state index < -0.39 is 11.6 Å². The van der Waals surface area contributed by atoms with Gasteiger partial charge in [0, 0.05) is 12.6 Å². The van der Waals surface area contributed by atoms with Crippen molar-refractivity contribution in [1.29, 1.82) is 0 Å². The molecule has 1 aromatic heterocycles. The molecule has 0 aliphatic carbocycles.